The summed E-state index contributed by atoms with van der Waals surface area (Å²) in [4.78, 5) is 30.6. The van der Waals surface area contributed by atoms with Crippen LogP contribution in [0, 0.1) is 23.0 Å². The van der Waals surface area contributed by atoms with E-state index in [0.717, 1.165) is 64.3 Å². The molecule has 1 N–H and O–H groups in total. The van der Waals surface area contributed by atoms with E-state index < -0.39 is 4.92 Å². The van der Waals surface area contributed by atoms with E-state index in [1.807, 2.05) is 18.7 Å². The number of piperazine rings is 1. The van der Waals surface area contributed by atoms with Crippen LogP contribution < -0.4 is 15.0 Å². The predicted octanol–water partition coefficient (Wildman–Crippen LogP) is 4.55. The molecule has 9 heteroatoms. The number of carbonyl (C=O) groups excluding carboxylic acids is 1. The SMILES string of the molecule is Cc1ccc(N2CCN(CCC(=O)N3CCC(Nc4ccc([N+](=O)[O-])c(OCC(C)C)c4)CC3)CC2)cc1. The Hall–Kier alpha value is -3.33. The van der Waals surface area contributed by atoms with Crippen LogP contribution in [-0.2, 0) is 4.79 Å². The Bertz CT molecular complexity index is 1070. The topological polar surface area (TPSA) is 91.2 Å². The van der Waals surface area contributed by atoms with Crippen LogP contribution in [0.3, 0.4) is 0 Å². The van der Waals surface area contributed by atoms with E-state index >= 15 is 0 Å². The van der Waals surface area contributed by atoms with Gasteiger partial charge in [0.1, 0.15) is 0 Å². The molecule has 9 nitrogen and oxygen atoms in total. The number of benzene rings is 2. The fraction of sp³-hybridized carbons (Fsp3) is 0.552. The summed E-state index contributed by atoms with van der Waals surface area (Å²) in [6.45, 7) is 12.7. The highest BCUT2D eigenvalue weighted by atomic mass is 16.6. The molecule has 0 unspecified atom stereocenters. The van der Waals surface area contributed by atoms with Crippen molar-refractivity contribution in [2.75, 3.05) is 62.6 Å². The summed E-state index contributed by atoms with van der Waals surface area (Å²) in [5.74, 6) is 0.793. The largest absolute Gasteiger partial charge is 0.486 e. The maximum Gasteiger partial charge on any atom is 0.311 e. The van der Waals surface area contributed by atoms with Gasteiger partial charge in [0, 0.05) is 81.8 Å². The number of anilines is 2. The molecule has 2 aliphatic rings. The van der Waals surface area contributed by atoms with Crippen molar-refractivity contribution in [2.24, 2.45) is 5.92 Å². The van der Waals surface area contributed by atoms with Crippen LogP contribution in [0.4, 0.5) is 17.1 Å². The first-order valence-corrected chi connectivity index (χ1v) is 13.8. The molecule has 0 radical (unpaired) electrons. The molecule has 2 aromatic rings. The monoisotopic (exact) mass is 523 g/mol. The molecular weight excluding hydrogens is 482 g/mol. The number of aryl methyl sites for hydroxylation is 1. The molecule has 1 amide bonds. The second kappa shape index (κ2) is 13.0. The van der Waals surface area contributed by atoms with Gasteiger partial charge < -0.3 is 19.9 Å². The van der Waals surface area contributed by atoms with Gasteiger partial charge in [-0.2, -0.15) is 0 Å². The number of nitrogens with one attached hydrogen (secondary N) is 1. The van der Waals surface area contributed by atoms with Crippen molar-refractivity contribution < 1.29 is 14.5 Å². The number of likely N-dealkylation sites (tertiary alicyclic amines) is 1. The van der Waals surface area contributed by atoms with Crippen LogP contribution in [0.2, 0.25) is 0 Å². The molecule has 0 spiro atoms. The smallest absolute Gasteiger partial charge is 0.311 e. The van der Waals surface area contributed by atoms with E-state index in [1.165, 1.54) is 17.3 Å². The van der Waals surface area contributed by atoms with Gasteiger partial charge in [-0.05, 0) is 43.9 Å². The van der Waals surface area contributed by atoms with Gasteiger partial charge >= 0.3 is 5.69 Å². The normalized spacial score (nSPS) is 17.1. The van der Waals surface area contributed by atoms with Gasteiger partial charge in [0.05, 0.1) is 11.5 Å². The summed E-state index contributed by atoms with van der Waals surface area (Å²) in [6.07, 6.45) is 2.25. The quantitative estimate of drug-likeness (QED) is 0.361. The highest BCUT2D eigenvalue weighted by Crippen LogP contribution is 2.31. The maximum atomic E-state index is 12.9. The second-order valence-electron chi connectivity index (χ2n) is 10.9. The Morgan fingerprint density at radius 1 is 1.05 bits per heavy atom. The average Bonchev–Trinajstić information content (AvgIpc) is 2.91. The third-order valence-corrected chi connectivity index (χ3v) is 7.36. The van der Waals surface area contributed by atoms with E-state index in [4.69, 9.17) is 4.74 Å². The van der Waals surface area contributed by atoms with Crippen molar-refractivity contribution in [1.29, 1.82) is 0 Å². The van der Waals surface area contributed by atoms with Crippen molar-refractivity contribution in [1.82, 2.24) is 9.80 Å². The van der Waals surface area contributed by atoms with Crippen LogP contribution >= 0.6 is 0 Å². The average molecular weight is 524 g/mol. The minimum atomic E-state index is -0.409. The summed E-state index contributed by atoms with van der Waals surface area (Å²) >= 11 is 0. The van der Waals surface area contributed by atoms with Gasteiger partial charge in [-0.1, -0.05) is 31.5 Å². The number of nitro groups is 1. The molecule has 4 rings (SSSR count). The lowest BCUT2D eigenvalue weighted by Gasteiger charge is -2.37. The Kier molecular flexibility index (Phi) is 9.44. The number of carbonyl (C=O) groups is 1. The zero-order chi connectivity index (χ0) is 27.1. The number of amides is 1. The lowest BCUT2D eigenvalue weighted by Crippen LogP contribution is -2.48. The number of hydrogen-bond donors (Lipinski definition) is 1. The van der Waals surface area contributed by atoms with E-state index in [2.05, 4.69) is 46.3 Å². The van der Waals surface area contributed by atoms with Crippen molar-refractivity contribution in [3.63, 3.8) is 0 Å². The zero-order valence-electron chi connectivity index (χ0n) is 22.9. The zero-order valence-corrected chi connectivity index (χ0v) is 22.9. The van der Waals surface area contributed by atoms with Gasteiger partial charge in [-0.3, -0.25) is 19.8 Å². The Morgan fingerprint density at radius 3 is 2.37 bits per heavy atom. The predicted molar refractivity (Wildman–Crippen MR) is 151 cm³/mol. The highest BCUT2D eigenvalue weighted by Gasteiger charge is 2.25. The third kappa shape index (κ3) is 7.60. The molecule has 0 aliphatic carbocycles. The third-order valence-electron chi connectivity index (χ3n) is 7.36. The Morgan fingerprint density at radius 2 is 1.74 bits per heavy atom. The van der Waals surface area contributed by atoms with Gasteiger partial charge in [-0.15, -0.1) is 0 Å². The summed E-state index contributed by atoms with van der Waals surface area (Å²) in [5.41, 5.74) is 3.34. The molecule has 0 saturated carbocycles. The van der Waals surface area contributed by atoms with Crippen molar-refractivity contribution in [3.05, 3.63) is 58.1 Å². The number of rotatable bonds is 10. The number of nitrogens with zero attached hydrogens (tertiary/aromatic N) is 4. The summed E-state index contributed by atoms with van der Waals surface area (Å²) in [5, 5.41) is 14.9. The molecule has 0 atom stereocenters. The summed E-state index contributed by atoms with van der Waals surface area (Å²) in [7, 11) is 0. The van der Waals surface area contributed by atoms with Gasteiger partial charge in [0.2, 0.25) is 5.91 Å². The first-order valence-electron chi connectivity index (χ1n) is 13.8. The maximum absolute atomic E-state index is 12.9. The van der Waals surface area contributed by atoms with E-state index in [1.54, 1.807) is 12.1 Å². The highest BCUT2D eigenvalue weighted by molar-refractivity contribution is 5.76. The first-order chi connectivity index (χ1) is 18.3. The molecular formula is C29H41N5O4. The minimum absolute atomic E-state index is 0.0202. The molecule has 0 bridgehead atoms. The van der Waals surface area contributed by atoms with Gasteiger partial charge in [-0.25, -0.2) is 0 Å². The number of piperidine rings is 1. The van der Waals surface area contributed by atoms with Gasteiger partial charge in [0.15, 0.2) is 5.75 Å². The molecule has 2 saturated heterocycles. The van der Waals surface area contributed by atoms with Crippen LogP contribution in [0.5, 0.6) is 5.75 Å². The lowest BCUT2D eigenvalue weighted by molar-refractivity contribution is -0.385. The fourth-order valence-corrected chi connectivity index (χ4v) is 5.03. The molecule has 2 aliphatic heterocycles. The van der Waals surface area contributed by atoms with Crippen LogP contribution in [0.25, 0.3) is 0 Å². The van der Waals surface area contributed by atoms with Crippen molar-refractivity contribution in [2.45, 2.75) is 46.1 Å². The molecule has 2 heterocycles. The van der Waals surface area contributed by atoms with E-state index in [9.17, 15) is 14.9 Å². The summed E-state index contributed by atoms with van der Waals surface area (Å²) in [6, 6.07) is 13.9. The van der Waals surface area contributed by atoms with Crippen molar-refractivity contribution in [3.8, 4) is 5.75 Å². The van der Waals surface area contributed by atoms with E-state index in [0.29, 0.717) is 18.8 Å². The second-order valence-corrected chi connectivity index (χ2v) is 10.9. The molecule has 0 aromatic heterocycles. The van der Waals surface area contributed by atoms with Crippen molar-refractivity contribution >= 4 is 23.0 Å². The van der Waals surface area contributed by atoms with Crippen LogP contribution in [-0.4, -0.2) is 79.1 Å². The summed E-state index contributed by atoms with van der Waals surface area (Å²) < 4.78 is 5.71. The van der Waals surface area contributed by atoms with Crippen LogP contribution in [0.15, 0.2) is 42.5 Å². The molecule has 206 valence electrons. The Labute approximate surface area is 225 Å². The van der Waals surface area contributed by atoms with Crippen LogP contribution in [0.1, 0.15) is 38.7 Å². The fourth-order valence-electron chi connectivity index (χ4n) is 5.03. The Balaban J connectivity index is 1.19. The lowest BCUT2D eigenvalue weighted by atomic mass is 10.0. The minimum Gasteiger partial charge on any atom is -0.486 e. The number of nitro benzene ring substituents is 1. The number of hydrogen-bond acceptors (Lipinski definition) is 7. The van der Waals surface area contributed by atoms with Gasteiger partial charge in [0.25, 0.3) is 0 Å². The first kappa shape index (κ1) is 27.7. The standard InChI is InChI=1S/C29H41N5O4/c1-22(2)21-38-28-20-25(6-9-27(28)34(36)37)30-24-10-14-33(15-11-24)29(35)12-13-31-16-18-32(19-17-31)26-7-4-23(3)5-8-26/h4-9,20,22,24,30H,10-19,21H2,1-3H3. The molecule has 2 aromatic carbocycles. The molecule has 38 heavy (non-hydrogen) atoms. The number of ether oxygens (including phenoxy) is 1. The van der Waals surface area contributed by atoms with E-state index in [-0.39, 0.29) is 23.6 Å². The molecule has 2 fully saturated rings.